The van der Waals surface area contributed by atoms with Crippen LogP contribution in [0, 0.1) is 0 Å². The molecule has 19 heavy (non-hydrogen) atoms. The maximum Gasteiger partial charge on any atom is 0.119 e. The minimum absolute atomic E-state index is 0.0971. The normalized spacial score (nSPS) is 10.6. The van der Waals surface area contributed by atoms with Gasteiger partial charge in [0.05, 0.1) is 19.8 Å². The van der Waals surface area contributed by atoms with Crippen molar-refractivity contribution in [2.45, 2.75) is 26.3 Å². The summed E-state index contributed by atoms with van der Waals surface area (Å²) in [6.07, 6.45) is 1.99. The van der Waals surface area contributed by atoms with E-state index in [1.165, 1.54) is 5.56 Å². The molecule has 0 saturated carbocycles. The third-order valence-electron chi connectivity index (χ3n) is 2.60. The molecule has 1 rings (SSSR count). The second-order valence-electron chi connectivity index (χ2n) is 4.36. The van der Waals surface area contributed by atoms with Crippen molar-refractivity contribution in [3.05, 3.63) is 29.8 Å². The maximum atomic E-state index is 8.54. The molecular formula is C15H25NO3. The highest BCUT2D eigenvalue weighted by Gasteiger charge is 1.95. The van der Waals surface area contributed by atoms with Gasteiger partial charge in [-0.2, -0.15) is 0 Å². The van der Waals surface area contributed by atoms with E-state index in [2.05, 4.69) is 24.4 Å². The number of rotatable bonds is 11. The Kier molecular flexibility index (Phi) is 9.06. The van der Waals surface area contributed by atoms with Crippen molar-refractivity contribution >= 4 is 0 Å². The van der Waals surface area contributed by atoms with Gasteiger partial charge in [0.15, 0.2) is 0 Å². The Morgan fingerprint density at radius 2 is 1.89 bits per heavy atom. The van der Waals surface area contributed by atoms with Crippen molar-refractivity contribution in [3.8, 4) is 5.75 Å². The molecule has 0 fully saturated rings. The van der Waals surface area contributed by atoms with E-state index >= 15 is 0 Å². The van der Waals surface area contributed by atoms with Gasteiger partial charge in [-0.1, -0.05) is 19.1 Å². The van der Waals surface area contributed by atoms with Crippen LogP contribution in [0.3, 0.4) is 0 Å². The van der Waals surface area contributed by atoms with Crippen molar-refractivity contribution in [1.82, 2.24) is 5.32 Å². The van der Waals surface area contributed by atoms with Crippen LogP contribution in [0.25, 0.3) is 0 Å². The Bertz CT molecular complexity index is 314. The second-order valence-corrected chi connectivity index (χ2v) is 4.36. The summed E-state index contributed by atoms with van der Waals surface area (Å²) < 4.78 is 10.7. The van der Waals surface area contributed by atoms with Crippen LogP contribution in [-0.2, 0) is 11.3 Å². The molecule has 0 spiro atoms. The van der Waals surface area contributed by atoms with E-state index in [-0.39, 0.29) is 6.61 Å². The number of aliphatic hydroxyl groups excluding tert-OH is 1. The molecule has 0 aromatic heterocycles. The lowest BCUT2D eigenvalue weighted by atomic mass is 10.2. The Labute approximate surface area is 115 Å². The van der Waals surface area contributed by atoms with Crippen LogP contribution in [0.5, 0.6) is 5.75 Å². The van der Waals surface area contributed by atoms with Crippen LogP contribution < -0.4 is 10.1 Å². The standard InChI is InChI=1S/C15H25NO3/c1-2-10-19-15-6-4-14(5-7-15)13-16-8-3-11-18-12-9-17/h4-7,16-17H,2-3,8-13H2,1H3. The summed E-state index contributed by atoms with van der Waals surface area (Å²) in [7, 11) is 0. The fourth-order valence-corrected chi connectivity index (χ4v) is 1.62. The lowest BCUT2D eigenvalue weighted by molar-refractivity contribution is 0.0907. The zero-order valence-electron chi connectivity index (χ0n) is 11.7. The zero-order chi connectivity index (χ0) is 13.8. The zero-order valence-corrected chi connectivity index (χ0v) is 11.7. The number of nitrogens with one attached hydrogen (secondary N) is 1. The summed E-state index contributed by atoms with van der Waals surface area (Å²) in [5.41, 5.74) is 1.25. The molecule has 0 heterocycles. The van der Waals surface area contributed by atoms with Crippen molar-refractivity contribution in [3.63, 3.8) is 0 Å². The number of hydrogen-bond acceptors (Lipinski definition) is 4. The van der Waals surface area contributed by atoms with Crippen molar-refractivity contribution in [2.24, 2.45) is 0 Å². The van der Waals surface area contributed by atoms with Gasteiger partial charge in [0.2, 0.25) is 0 Å². The first-order valence-corrected chi connectivity index (χ1v) is 6.98. The summed E-state index contributed by atoms with van der Waals surface area (Å²) in [5, 5.41) is 11.9. The first-order valence-electron chi connectivity index (χ1n) is 6.98. The predicted molar refractivity (Wildman–Crippen MR) is 76.5 cm³/mol. The van der Waals surface area contributed by atoms with E-state index in [9.17, 15) is 0 Å². The minimum atomic E-state index is 0.0971. The number of ether oxygens (including phenoxy) is 2. The summed E-state index contributed by atoms with van der Waals surface area (Å²) in [4.78, 5) is 0. The van der Waals surface area contributed by atoms with Gasteiger partial charge in [-0.25, -0.2) is 0 Å². The monoisotopic (exact) mass is 267 g/mol. The van der Waals surface area contributed by atoms with E-state index < -0.39 is 0 Å². The highest BCUT2D eigenvalue weighted by Crippen LogP contribution is 2.12. The summed E-state index contributed by atoms with van der Waals surface area (Å²) in [6, 6.07) is 8.19. The molecule has 0 atom stereocenters. The Balaban J connectivity index is 2.09. The molecule has 4 heteroatoms. The largest absolute Gasteiger partial charge is 0.494 e. The third-order valence-corrected chi connectivity index (χ3v) is 2.60. The van der Waals surface area contributed by atoms with E-state index in [1.54, 1.807) is 0 Å². The molecule has 0 unspecified atom stereocenters. The van der Waals surface area contributed by atoms with Gasteiger partial charge in [-0.05, 0) is 37.1 Å². The quantitative estimate of drug-likeness (QED) is 0.602. The average Bonchev–Trinajstić information content (AvgIpc) is 2.45. The van der Waals surface area contributed by atoms with Gasteiger partial charge in [-0.15, -0.1) is 0 Å². The van der Waals surface area contributed by atoms with Crippen LogP contribution in [0.2, 0.25) is 0 Å². The van der Waals surface area contributed by atoms with Crippen LogP contribution in [0.15, 0.2) is 24.3 Å². The summed E-state index contributed by atoms with van der Waals surface area (Å²) >= 11 is 0. The van der Waals surface area contributed by atoms with E-state index in [1.807, 2.05) is 12.1 Å². The molecule has 0 saturated heterocycles. The Morgan fingerprint density at radius 3 is 2.58 bits per heavy atom. The fourth-order valence-electron chi connectivity index (χ4n) is 1.62. The smallest absolute Gasteiger partial charge is 0.119 e. The fraction of sp³-hybridized carbons (Fsp3) is 0.600. The molecule has 0 bridgehead atoms. The first kappa shape index (κ1) is 16.0. The molecule has 0 aliphatic rings. The molecule has 108 valence electrons. The lowest BCUT2D eigenvalue weighted by Crippen LogP contribution is -2.16. The molecule has 0 amide bonds. The highest BCUT2D eigenvalue weighted by atomic mass is 16.5. The molecule has 0 aliphatic carbocycles. The molecule has 2 N–H and O–H groups in total. The molecule has 1 aromatic rings. The van der Waals surface area contributed by atoms with E-state index in [0.29, 0.717) is 13.2 Å². The summed E-state index contributed by atoms with van der Waals surface area (Å²) in [5.74, 6) is 0.933. The Morgan fingerprint density at radius 1 is 1.11 bits per heavy atom. The number of hydrogen-bond donors (Lipinski definition) is 2. The number of aliphatic hydroxyl groups is 1. The number of benzene rings is 1. The summed E-state index contributed by atoms with van der Waals surface area (Å²) in [6.45, 7) is 5.86. The SMILES string of the molecule is CCCOc1ccc(CNCCCOCCO)cc1. The van der Waals surface area contributed by atoms with Crippen LogP contribution in [0.1, 0.15) is 25.3 Å². The molecule has 0 aliphatic heterocycles. The van der Waals surface area contributed by atoms with Crippen molar-refractivity contribution in [1.29, 1.82) is 0 Å². The molecular weight excluding hydrogens is 242 g/mol. The topological polar surface area (TPSA) is 50.7 Å². The Hall–Kier alpha value is -1.10. The first-order chi connectivity index (χ1) is 9.36. The van der Waals surface area contributed by atoms with Crippen LogP contribution in [-0.4, -0.2) is 38.1 Å². The van der Waals surface area contributed by atoms with Gasteiger partial charge in [0.25, 0.3) is 0 Å². The van der Waals surface area contributed by atoms with Gasteiger partial charge >= 0.3 is 0 Å². The minimum Gasteiger partial charge on any atom is -0.494 e. The predicted octanol–water partition coefficient (Wildman–Crippen LogP) is 1.96. The van der Waals surface area contributed by atoms with Gasteiger partial charge in [0, 0.05) is 13.2 Å². The van der Waals surface area contributed by atoms with Crippen molar-refractivity contribution in [2.75, 3.05) is 33.0 Å². The van der Waals surface area contributed by atoms with Crippen LogP contribution >= 0.6 is 0 Å². The van der Waals surface area contributed by atoms with Gasteiger partial charge in [0.1, 0.15) is 5.75 Å². The van der Waals surface area contributed by atoms with E-state index in [0.717, 1.165) is 38.3 Å². The molecule has 4 nitrogen and oxygen atoms in total. The third kappa shape index (κ3) is 7.82. The second kappa shape index (κ2) is 10.8. The van der Waals surface area contributed by atoms with Gasteiger partial charge in [-0.3, -0.25) is 0 Å². The maximum absolute atomic E-state index is 8.54. The average molecular weight is 267 g/mol. The molecule has 1 aromatic carbocycles. The van der Waals surface area contributed by atoms with Crippen molar-refractivity contribution < 1.29 is 14.6 Å². The van der Waals surface area contributed by atoms with E-state index in [4.69, 9.17) is 14.6 Å². The van der Waals surface area contributed by atoms with Gasteiger partial charge < -0.3 is 19.9 Å². The van der Waals surface area contributed by atoms with Crippen LogP contribution in [0.4, 0.5) is 0 Å². The highest BCUT2D eigenvalue weighted by molar-refractivity contribution is 5.27. The lowest BCUT2D eigenvalue weighted by Gasteiger charge is -2.07. The molecule has 0 radical (unpaired) electrons.